The molecule has 3 aromatic carbocycles. The predicted octanol–water partition coefficient (Wildman–Crippen LogP) is 7.88. The molecule has 4 aliphatic rings. The van der Waals surface area contributed by atoms with E-state index >= 15 is 0 Å². The average molecular weight is 845 g/mol. The van der Waals surface area contributed by atoms with Crippen LogP contribution in [-0.4, -0.2) is 50.2 Å². The van der Waals surface area contributed by atoms with Gasteiger partial charge in [0.05, 0.1) is 5.56 Å². The van der Waals surface area contributed by atoms with Gasteiger partial charge in [-0.2, -0.15) is 4.98 Å². The van der Waals surface area contributed by atoms with Crippen molar-refractivity contribution >= 4 is 67.5 Å². The molecular weight excluding hydrogens is 811 g/mol. The summed E-state index contributed by atoms with van der Waals surface area (Å²) < 4.78 is 21.2. The van der Waals surface area contributed by atoms with Crippen molar-refractivity contribution in [3.05, 3.63) is 91.7 Å². The molecule has 0 fully saturated rings. The number of aromatic nitrogens is 3. The van der Waals surface area contributed by atoms with Crippen LogP contribution in [-0.2, 0) is 21.4 Å². The van der Waals surface area contributed by atoms with Crippen LogP contribution in [0.15, 0.2) is 61.8 Å². The highest BCUT2D eigenvalue weighted by Crippen LogP contribution is 2.62. The van der Waals surface area contributed by atoms with Gasteiger partial charge in [0.15, 0.2) is 28.6 Å². The molecule has 280 valence electrons. The number of aliphatic hydroxyl groups excluding tert-OH is 1. The summed E-state index contributed by atoms with van der Waals surface area (Å²) in [6.45, 7) is 7.35. The molecule has 1 spiro atoms. The number of hydrogen-bond donors (Lipinski definition) is 5. The van der Waals surface area contributed by atoms with Crippen LogP contribution >= 0.6 is 39.1 Å². The van der Waals surface area contributed by atoms with Crippen molar-refractivity contribution in [2.75, 3.05) is 5.32 Å². The molecule has 0 aliphatic carbocycles. The number of H-pyrrole nitrogens is 1. The molecule has 5 atom stereocenters. The van der Waals surface area contributed by atoms with E-state index in [0.717, 1.165) is 48.9 Å². The minimum Gasteiger partial charge on any atom is -0.469 e. The molecule has 0 saturated heterocycles. The van der Waals surface area contributed by atoms with E-state index in [1.165, 1.54) is 0 Å². The fourth-order valence-corrected chi connectivity index (χ4v) is 9.49. The number of aliphatic hydroxyl groups is 1. The summed E-state index contributed by atoms with van der Waals surface area (Å²) in [5.41, 5.74) is 5.28. The zero-order valence-corrected chi connectivity index (χ0v) is 32.9. The lowest BCUT2D eigenvalue weighted by atomic mass is 9.72. The molecule has 2 unspecified atom stereocenters. The summed E-state index contributed by atoms with van der Waals surface area (Å²) >= 11 is 17.8. The number of ether oxygens (including phenoxy) is 1. The van der Waals surface area contributed by atoms with Gasteiger partial charge in [-0.15, -0.1) is 0 Å². The van der Waals surface area contributed by atoms with Gasteiger partial charge in [-0.3, -0.25) is 9.59 Å². The lowest BCUT2D eigenvalue weighted by Crippen LogP contribution is -2.52. The van der Waals surface area contributed by atoms with Crippen LogP contribution in [0.1, 0.15) is 62.1 Å². The van der Waals surface area contributed by atoms with Crippen LogP contribution in [0.3, 0.4) is 0 Å². The van der Waals surface area contributed by atoms with E-state index < -0.39 is 41.6 Å². The molecule has 4 aliphatic heterocycles. The van der Waals surface area contributed by atoms with Gasteiger partial charge < -0.3 is 39.6 Å². The van der Waals surface area contributed by atoms with Crippen LogP contribution in [0.25, 0.3) is 44.9 Å². The Balaban J connectivity index is 1.31. The van der Waals surface area contributed by atoms with Gasteiger partial charge >= 0.3 is 0 Å². The van der Waals surface area contributed by atoms with Crippen LogP contribution in [0.5, 0.6) is 5.75 Å². The molecule has 10 bridgehead atoms. The minimum absolute atomic E-state index is 0.0791. The number of rotatable bonds is 4. The van der Waals surface area contributed by atoms with Crippen molar-refractivity contribution in [1.82, 2.24) is 25.6 Å². The summed E-state index contributed by atoms with van der Waals surface area (Å²) in [7, 11) is 0. The Labute approximate surface area is 332 Å². The number of nitrogens with zero attached hydrogens (tertiary/aromatic N) is 2. The van der Waals surface area contributed by atoms with Gasteiger partial charge in [-0.25, -0.2) is 4.98 Å². The van der Waals surface area contributed by atoms with E-state index in [1.807, 2.05) is 56.3 Å². The maximum Gasteiger partial charge on any atom is 0.250 e. The third-order valence-corrected chi connectivity index (χ3v) is 12.2. The summed E-state index contributed by atoms with van der Waals surface area (Å²) in [5, 5.41) is 21.5. The number of halogens is 3. The zero-order valence-electron chi connectivity index (χ0n) is 29.8. The van der Waals surface area contributed by atoms with Crippen LogP contribution in [0.2, 0.25) is 10.3 Å². The number of nitrogens with one attached hydrogen (secondary N) is 4. The first-order chi connectivity index (χ1) is 26.3. The molecule has 12 nitrogen and oxygen atoms in total. The van der Waals surface area contributed by atoms with Crippen molar-refractivity contribution in [1.29, 1.82) is 0 Å². The standard InChI is InChI=1S/C40H33BrCl2N6O6/c1-14(2)27-37-47-29-32(55-37)40-20-10-16(11-23(35(51)46-27)45-36(52)30(50)15(3)4)8-9-24(20)53-39(40)48-28-19(12-17(41)13-21(28)40)18-6-5-7-22-25(18)26(33(42)44-22)31-34(43)49-38(29)54-31/h5-10,12-15,23,27,30,39,44,48,50H,11H2,1-4H3,(H,45,52)(H,46,51)/t23-,27-,30-,39?,40?/m0/s1. The molecule has 15 heteroatoms. The Morgan fingerprint density at radius 2 is 1.85 bits per heavy atom. The van der Waals surface area contributed by atoms with Crippen LogP contribution in [0, 0.1) is 11.8 Å². The fraction of sp³-hybridized carbons (Fsp3) is 0.300. The van der Waals surface area contributed by atoms with Crippen molar-refractivity contribution in [2.24, 2.45) is 11.8 Å². The third kappa shape index (κ3) is 4.85. The van der Waals surface area contributed by atoms with E-state index in [0.29, 0.717) is 22.2 Å². The molecule has 0 radical (unpaired) electrons. The van der Waals surface area contributed by atoms with Crippen molar-refractivity contribution in [3.63, 3.8) is 0 Å². The first kappa shape index (κ1) is 34.7. The topological polar surface area (TPSA) is 168 Å². The second-order valence-corrected chi connectivity index (χ2v) is 16.9. The molecule has 3 aromatic heterocycles. The average Bonchev–Trinajstić information content (AvgIpc) is 3.94. The zero-order chi connectivity index (χ0) is 38.2. The van der Waals surface area contributed by atoms with E-state index in [-0.39, 0.29) is 46.6 Å². The second kappa shape index (κ2) is 12.1. The van der Waals surface area contributed by atoms with E-state index in [1.54, 1.807) is 13.8 Å². The highest BCUT2D eigenvalue weighted by atomic mass is 79.9. The Kier molecular flexibility index (Phi) is 7.62. The number of carbonyl (C=O) groups is 2. The summed E-state index contributed by atoms with van der Waals surface area (Å²) in [6, 6.07) is 13.9. The molecular formula is C40H33BrCl2N6O6. The van der Waals surface area contributed by atoms with Gasteiger partial charge in [0.25, 0.3) is 5.89 Å². The number of hydrogen-bond acceptors (Lipinski definition) is 9. The number of anilines is 1. The summed E-state index contributed by atoms with van der Waals surface area (Å²) in [5.74, 6) is -0.183. The highest BCUT2D eigenvalue weighted by molar-refractivity contribution is 9.10. The predicted molar refractivity (Wildman–Crippen MR) is 209 cm³/mol. The number of aromatic amines is 1. The Morgan fingerprint density at radius 3 is 2.64 bits per heavy atom. The smallest absolute Gasteiger partial charge is 0.250 e. The summed E-state index contributed by atoms with van der Waals surface area (Å²) in [6.07, 6.45) is -1.91. The third-order valence-electron chi connectivity index (χ3n) is 11.2. The molecule has 0 saturated carbocycles. The number of fused-ring (bicyclic) bond motifs is 7. The Bertz CT molecular complexity index is 2650. The molecule has 55 heavy (non-hydrogen) atoms. The number of carbonyl (C=O) groups excluding carboxylic acids is 2. The first-order valence-electron chi connectivity index (χ1n) is 18.0. The SMILES string of the molecule is CC(C)[C@H](O)C(=O)N[C@H]1Cc2ccc3c(c2)C24c5cc(Br)cc(c5NC2O3)-c2cccc3[nH]c(Cl)c(c23)-c2oc(nc2Cl)-c2nc(oc24)[C@H](C(C)C)NC1=O. The number of benzene rings is 3. The monoisotopic (exact) mass is 842 g/mol. The van der Waals surface area contributed by atoms with Gasteiger partial charge in [0.2, 0.25) is 17.7 Å². The second-order valence-electron chi connectivity index (χ2n) is 15.3. The van der Waals surface area contributed by atoms with Crippen LogP contribution in [0.4, 0.5) is 5.69 Å². The maximum absolute atomic E-state index is 14.2. The highest BCUT2D eigenvalue weighted by Gasteiger charge is 2.62. The minimum atomic E-state index is -1.30. The van der Waals surface area contributed by atoms with E-state index in [9.17, 15) is 14.7 Å². The Hall–Kier alpha value is -4.82. The van der Waals surface area contributed by atoms with Gasteiger partial charge in [-0.1, -0.05) is 91.1 Å². The normalized spacial score (nSPS) is 22.1. The quantitative estimate of drug-likeness (QED) is 0.119. The molecule has 6 aromatic rings. The summed E-state index contributed by atoms with van der Waals surface area (Å²) in [4.78, 5) is 40.6. The van der Waals surface area contributed by atoms with Gasteiger partial charge in [0.1, 0.15) is 34.5 Å². The number of oxazole rings is 2. The van der Waals surface area contributed by atoms with Crippen molar-refractivity contribution in [3.8, 4) is 39.8 Å². The van der Waals surface area contributed by atoms with Gasteiger partial charge in [0, 0.05) is 44.2 Å². The maximum atomic E-state index is 14.2. The fourth-order valence-electron chi connectivity index (χ4n) is 8.54. The van der Waals surface area contributed by atoms with Crippen molar-refractivity contribution < 1.29 is 28.3 Å². The number of amides is 2. The molecule has 10 rings (SSSR count). The molecule has 5 N–H and O–H groups in total. The molecule has 2 amide bonds. The van der Waals surface area contributed by atoms with E-state index in [4.69, 9.17) is 46.7 Å². The lowest BCUT2D eigenvalue weighted by Gasteiger charge is -2.29. The molecule has 7 heterocycles. The largest absolute Gasteiger partial charge is 0.469 e. The lowest BCUT2D eigenvalue weighted by molar-refractivity contribution is -0.135. The van der Waals surface area contributed by atoms with Gasteiger partial charge in [-0.05, 0) is 47.2 Å². The van der Waals surface area contributed by atoms with E-state index in [2.05, 4.69) is 42.9 Å². The van der Waals surface area contributed by atoms with Crippen molar-refractivity contribution in [2.45, 2.75) is 63.9 Å². The van der Waals surface area contributed by atoms with Crippen LogP contribution < -0.4 is 20.7 Å². The first-order valence-corrected chi connectivity index (χ1v) is 19.6. The Morgan fingerprint density at radius 1 is 1.04 bits per heavy atom.